The lowest BCUT2D eigenvalue weighted by Gasteiger charge is -2.31. The normalized spacial score (nSPS) is 16.0. The van der Waals surface area contributed by atoms with E-state index in [0.29, 0.717) is 5.66 Å². The summed E-state index contributed by atoms with van der Waals surface area (Å²) in [7, 11) is -0.495. The van der Waals surface area contributed by atoms with Gasteiger partial charge in [-0.3, -0.25) is 0 Å². The summed E-state index contributed by atoms with van der Waals surface area (Å²) >= 11 is 0. The van der Waals surface area contributed by atoms with Crippen LogP contribution < -0.4 is 10.6 Å². The van der Waals surface area contributed by atoms with Crippen molar-refractivity contribution in [2.24, 2.45) is 0 Å². The number of hydrogen-bond donors (Lipinski definition) is 0. The van der Waals surface area contributed by atoms with Crippen molar-refractivity contribution in [1.82, 2.24) is 0 Å². The van der Waals surface area contributed by atoms with Gasteiger partial charge in [0.1, 0.15) is 0 Å². The van der Waals surface area contributed by atoms with Gasteiger partial charge in [-0.2, -0.15) is 0 Å². The highest BCUT2D eigenvalue weighted by Gasteiger charge is 2.30. The van der Waals surface area contributed by atoms with Gasteiger partial charge < -0.3 is 0 Å². The van der Waals surface area contributed by atoms with E-state index in [1.165, 1.54) is 22.1 Å². The molecule has 1 saturated carbocycles. The zero-order valence-corrected chi connectivity index (χ0v) is 15.6. The van der Waals surface area contributed by atoms with Crippen molar-refractivity contribution < 1.29 is 0 Å². The molecule has 0 nitrogen and oxygen atoms in total. The van der Waals surface area contributed by atoms with Crippen molar-refractivity contribution >= 4 is 18.5 Å². The first-order valence-corrected chi connectivity index (χ1v) is 10.5. The molecule has 0 aliphatic heterocycles. The van der Waals surface area contributed by atoms with Crippen LogP contribution in [0.5, 0.6) is 0 Å². The Morgan fingerprint density at radius 2 is 1.04 bits per heavy atom. The van der Waals surface area contributed by atoms with Crippen molar-refractivity contribution in [2.45, 2.75) is 12.1 Å². The molecule has 1 atom stereocenters. The predicted molar refractivity (Wildman–Crippen MR) is 113 cm³/mol. The zero-order valence-electron chi connectivity index (χ0n) is 14.7. The van der Waals surface area contributed by atoms with Crippen LogP contribution in [0, 0.1) is 31.6 Å². The van der Waals surface area contributed by atoms with Gasteiger partial charge in [0.15, 0.2) is 0 Å². The molecule has 1 aliphatic rings. The highest BCUT2D eigenvalue weighted by atomic mass is 31.1. The molecule has 0 bridgehead atoms. The quantitative estimate of drug-likeness (QED) is 0.502. The van der Waals surface area contributed by atoms with Gasteiger partial charge in [-0.05, 0) is 62.1 Å². The van der Waals surface area contributed by atoms with E-state index in [-0.39, 0.29) is 0 Å². The Morgan fingerprint density at radius 1 is 0.577 bits per heavy atom. The maximum Gasteiger partial charge on any atom is 0.0128 e. The van der Waals surface area contributed by atoms with Crippen LogP contribution in [-0.2, 0) is 0 Å². The lowest BCUT2D eigenvalue weighted by molar-refractivity contribution is 0.854. The van der Waals surface area contributed by atoms with Gasteiger partial charge in [0, 0.05) is 5.66 Å². The molecule has 0 spiro atoms. The first kappa shape index (κ1) is 17.5. The van der Waals surface area contributed by atoms with E-state index in [1.54, 1.807) is 0 Å². The van der Waals surface area contributed by atoms with Gasteiger partial charge in [-0.25, -0.2) is 0 Å². The lowest BCUT2D eigenvalue weighted by Crippen LogP contribution is -2.18. The summed E-state index contributed by atoms with van der Waals surface area (Å²) in [6, 6.07) is 33.0. The summed E-state index contributed by atoms with van der Waals surface area (Å²) in [5.74, 6) is 1.42. The number of hydrogen-bond acceptors (Lipinski definition) is 0. The van der Waals surface area contributed by atoms with Crippen LogP contribution in [0.1, 0.15) is 17.6 Å². The number of rotatable bonds is 6. The molecule has 0 aromatic heterocycles. The third-order valence-electron chi connectivity index (χ3n) is 4.73. The maximum absolute atomic E-state index is 2.29. The molecular formula is C25H22P. The van der Waals surface area contributed by atoms with Crippen LogP contribution >= 0.6 is 7.92 Å². The van der Waals surface area contributed by atoms with Crippen LogP contribution in [0.3, 0.4) is 0 Å². The van der Waals surface area contributed by atoms with E-state index in [4.69, 9.17) is 0 Å². The molecule has 3 aromatic carbocycles. The van der Waals surface area contributed by atoms with Gasteiger partial charge in [-0.1, -0.05) is 91.0 Å². The molecular weight excluding hydrogens is 331 g/mol. The molecule has 26 heavy (non-hydrogen) atoms. The monoisotopic (exact) mass is 353 g/mol. The Hall–Kier alpha value is -1.91. The first-order valence-electron chi connectivity index (χ1n) is 9.07. The zero-order chi connectivity index (χ0) is 17.6. The second kappa shape index (κ2) is 8.65. The lowest BCUT2D eigenvalue weighted by atomic mass is 9.98. The topological polar surface area (TPSA) is 0 Å². The predicted octanol–water partition coefficient (Wildman–Crippen LogP) is 5.66. The minimum atomic E-state index is -0.495. The van der Waals surface area contributed by atoms with Crippen LogP contribution in [0.4, 0.5) is 0 Å². The van der Waals surface area contributed by atoms with E-state index in [1.807, 2.05) is 0 Å². The summed E-state index contributed by atoms with van der Waals surface area (Å²) in [5, 5.41) is 2.88. The molecule has 0 amide bonds. The summed E-state index contributed by atoms with van der Waals surface area (Å²) < 4.78 is 0. The van der Waals surface area contributed by atoms with Crippen molar-refractivity contribution in [3.63, 3.8) is 0 Å². The standard InChI is InChI=1S/C25H22P/c1-4-14-22(15-5-1)25(20-21-12-10-11-13-21)26(23-16-6-2-7-17-23)24-18-8-3-9-19-24/h1-19,25H,20H2/t25-/m0/s1. The minimum Gasteiger partial charge on any atom is -0.0622 e. The summed E-state index contributed by atoms with van der Waals surface area (Å²) in [6.07, 6.45) is 9.85. The van der Waals surface area contributed by atoms with Crippen LogP contribution in [-0.4, -0.2) is 0 Å². The van der Waals surface area contributed by atoms with E-state index in [9.17, 15) is 0 Å². The Balaban J connectivity index is 1.78. The van der Waals surface area contributed by atoms with Crippen LogP contribution in [0.25, 0.3) is 0 Å². The smallest absolute Gasteiger partial charge is 0.0128 e. The second-order valence-electron chi connectivity index (χ2n) is 6.46. The highest BCUT2D eigenvalue weighted by molar-refractivity contribution is 7.73. The van der Waals surface area contributed by atoms with Crippen molar-refractivity contribution in [2.75, 3.05) is 0 Å². The van der Waals surface area contributed by atoms with Crippen molar-refractivity contribution in [3.05, 3.63) is 128 Å². The Bertz CT molecular complexity index is 737. The van der Waals surface area contributed by atoms with Crippen LogP contribution in [0.2, 0.25) is 0 Å². The molecule has 1 heteroatoms. The molecule has 0 heterocycles. The number of benzene rings is 3. The largest absolute Gasteiger partial charge is 0.0622 e. The van der Waals surface area contributed by atoms with E-state index >= 15 is 0 Å². The van der Waals surface area contributed by atoms with Gasteiger partial charge in [0.05, 0.1) is 0 Å². The fourth-order valence-electron chi connectivity index (χ4n) is 3.49. The molecule has 127 valence electrons. The highest BCUT2D eigenvalue weighted by Crippen LogP contribution is 2.54. The molecule has 1 aliphatic carbocycles. The summed E-state index contributed by atoms with van der Waals surface area (Å²) in [5.41, 5.74) is 1.88. The average Bonchev–Trinajstić information content (AvgIpc) is 3.23. The Kier molecular flexibility index (Phi) is 5.82. The fraction of sp³-hybridized carbons (Fsp3) is 0.0800. The third-order valence-corrected chi connectivity index (χ3v) is 7.54. The molecule has 1 fully saturated rings. The average molecular weight is 353 g/mol. The van der Waals surface area contributed by atoms with Crippen molar-refractivity contribution in [3.8, 4) is 0 Å². The van der Waals surface area contributed by atoms with E-state index in [2.05, 4.69) is 117 Å². The SMILES string of the molecule is [CH]1[CH][CH][C](C[C@@H](c2ccccc2)P(c2ccccc2)c2ccccc2)[CH]1. The fourth-order valence-corrected chi connectivity index (χ4v) is 6.36. The van der Waals surface area contributed by atoms with E-state index < -0.39 is 7.92 Å². The van der Waals surface area contributed by atoms with Gasteiger partial charge >= 0.3 is 0 Å². The van der Waals surface area contributed by atoms with Crippen molar-refractivity contribution in [1.29, 1.82) is 0 Å². The Labute approximate surface area is 159 Å². The summed E-state index contributed by atoms with van der Waals surface area (Å²) in [4.78, 5) is 0. The van der Waals surface area contributed by atoms with Gasteiger partial charge in [0.25, 0.3) is 0 Å². The van der Waals surface area contributed by atoms with E-state index in [0.717, 1.165) is 6.42 Å². The van der Waals surface area contributed by atoms with Gasteiger partial charge in [0.2, 0.25) is 0 Å². The molecule has 0 unspecified atom stereocenters. The molecule has 0 N–H and O–H groups in total. The third kappa shape index (κ3) is 4.08. The second-order valence-corrected chi connectivity index (χ2v) is 8.86. The molecule has 5 radical (unpaired) electrons. The minimum absolute atomic E-state index is 0.457. The molecule has 0 saturated heterocycles. The summed E-state index contributed by atoms with van der Waals surface area (Å²) in [6.45, 7) is 0. The first-order chi connectivity index (χ1) is 12.9. The molecule has 3 aromatic rings. The van der Waals surface area contributed by atoms with Crippen LogP contribution in [0.15, 0.2) is 91.0 Å². The van der Waals surface area contributed by atoms with Gasteiger partial charge in [-0.15, -0.1) is 0 Å². The maximum atomic E-state index is 2.29. The Morgan fingerprint density at radius 3 is 1.54 bits per heavy atom. The molecule has 4 rings (SSSR count).